The number of benzene rings is 1. The lowest BCUT2D eigenvalue weighted by Crippen LogP contribution is -2.47. The van der Waals surface area contributed by atoms with E-state index in [1.165, 1.54) is 31.2 Å². The van der Waals surface area contributed by atoms with Gasteiger partial charge in [-0.1, -0.05) is 11.6 Å². The van der Waals surface area contributed by atoms with Crippen LogP contribution in [0.15, 0.2) is 24.3 Å². The number of carboxylic acids is 1. The van der Waals surface area contributed by atoms with Crippen molar-refractivity contribution in [3.05, 3.63) is 34.9 Å². The number of carboxylic acid groups (broad SMARTS) is 1. The first-order valence-electron chi connectivity index (χ1n) is 4.89. The first kappa shape index (κ1) is 13.5. The number of carbonyl (C=O) groups excluding carboxylic acids is 1. The van der Waals surface area contributed by atoms with E-state index in [1.54, 1.807) is 0 Å². The number of hydrogen-bond donors (Lipinski definition) is 3. The average Bonchev–Trinajstić information content (AvgIpc) is 2.25. The molecule has 1 aromatic rings. The third-order valence-electron chi connectivity index (χ3n) is 2.14. The van der Waals surface area contributed by atoms with E-state index in [-0.39, 0.29) is 5.56 Å². The number of nitrogens with one attached hydrogen (secondary N) is 1. The van der Waals surface area contributed by atoms with Crippen LogP contribution >= 0.6 is 11.6 Å². The van der Waals surface area contributed by atoms with Gasteiger partial charge in [-0.15, -0.1) is 0 Å². The van der Waals surface area contributed by atoms with Gasteiger partial charge < -0.3 is 15.5 Å². The Labute approximate surface area is 103 Å². The number of halogens is 1. The van der Waals surface area contributed by atoms with Crippen LogP contribution in [0, 0.1) is 0 Å². The Morgan fingerprint density at radius 2 is 1.82 bits per heavy atom. The quantitative estimate of drug-likeness (QED) is 0.748. The molecule has 17 heavy (non-hydrogen) atoms. The van der Waals surface area contributed by atoms with Gasteiger partial charge in [-0.25, -0.2) is 4.79 Å². The lowest BCUT2D eigenvalue weighted by atomic mass is 10.1. The van der Waals surface area contributed by atoms with Crippen molar-refractivity contribution in [3.63, 3.8) is 0 Å². The fourth-order valence-electron chi connectivity index (χ4n) is 1.21. The van der Waals surface area contributed by atoms with E-state index in [0.29, 0.717) is 5.02 Å². The Kier molecular flexibility index (Phi) is 4.48. The average molecular weight is 258 g/mol. The van der Waals surface area contributed by atoms with Crippen LogP contribution in [-0.2, 0) is 4.79 Å². The van der Waals surface area contributed by atoms with Crippen LogP contribution in [-0.4, -0.2) is 34.2 Å². The number of aliphatic carboxylic acids is 1. The van der Waals surface area contributed by atoms with Crippen LogP contribution in [0.5, 0.6) is 0 Å². The van der Waals surface area contributed by atoms with Crippen molar-refractivity contribution in [2.24, 2.45) is 0 Å². The third kappa shape index (κ3) is 3.72. The molecule has 6 heteroatoms. The standard InChI is InChI=1S/C11H12ClNO4/c1-6(14)9(11(16)17)13-10(15)7-2-4-8(12)5-3-7/h2-6,9,14H,1H3,(H,13,15)(H,16,17)/t6?,9-/m0/s1. The van der Waals surface area contributed by atoms with Gasteiger partial charge in [-0.3, -0.25) is 4.79 Å². The highest BCUT2D eigenvalue weighted by molar-refractivity contribution is 6.30. The zero-order chi connectivity index (χ0) is 13.0. The fraction of sp³-hybridized carbons (Fsp3) is 0.273. The molecule has 2 atom stereocenters. The van der Waals surface area contributed by atoms with Crippen molar-refractivity contribution in [2.45, 2.75) is 19.1 Å². The molecule has 3 N–H and O–H groups in total. The Balaban J connectivity index is 2.77. The number of aliphatic hydroxyl groups excluding tert-OH is 1. The molecule has 1 rings (SSSR count). The molecule has 0 spiro atoms. The van der Waals surface area contributed by atoms with E-state index in [0.717, 1.165) is 0 Å². The summed E-state index contributed by atoms with van der Waals surface area (Å²) >= 11 is 5.66. The molecule has 5 nitrogen and oxygen atoms in total. The molecular formula is C11H12ClNO4. The lowest BCUT2D eigenvalue weighted by molar-refractivity contribution is -0.141. The zero-order valence-electron chi connectivity index (χ0n) is 9.05. The molecule has 1 amide bonds. The van der Waals surface area contributed by atoms with E-state index in [4.69, 9.17) is 16.7 Å². The molecule has 0 bridgehead atoms. The maximum absolute atomic E-state index is 11.6. The second-order valence-corrected chi connectivity index (χ2v) is 3.97. The summed E-state index contributed by atoms with van der Waals surface area (Å²) in [5.41, 5.74) is 0.279. The Morgan fingerprint density at radius 1 is 1.29 bits per heavy atom. The monoisotopic (exact) mass is 257 g/mol. The summed E-state index contributed by atoms with van der Waals surface area (Å²) in [5, 5.41) is 20.7. The van der Waals surface area contributed by atoms with E-state index in [2.05, 4.69) is 5.32 Å². The van der Waals surface area contributed by atoms with Gasteiger partial charge in [0.05, 0.1) is 6.10 Å². The highest BCUT2D eigenvalue weighted by Crippen LogP contribution is 2.09. The van der Waals surface area contributed by atoms with Crippen LogP contribution in [0.4, 0.5) is 0 Å². The predicted octanol–water partition coefficient (Wildman–Crippen LogP) is 0.904. The topological polar surface area (TPSA) is 86.6 Å². The van der Waals surface area contributed by atoms with Gasteiger partial charge in [-0.05, 0) is 31.2 Å². The van der Waals surface area contributed by atoms with Crippen LogP contribution in [0.2, 0.25) is 5.02 Å². The summed E-state index contributed by atoms with van der Waals surface area (Å²) in [5.74, 6) is -1.86. The van der Waals surface area contributed by atoms with Gasteiger partial charge in [0.1, 0.15) is 0 Å². The molecule has 1 aromatic carbocycles. The van der Waals surface area contributed by atoms with Gasteiger partial charge >= 0.3 is 5.97 Å². The summed E-state index contributed by atoms with van der Waals surface area (Å²) in [6.45, 7) is 1.29. The second-order valence-electron chi connectivity index (χ2n) is 3.54. The molecule has 0 fully saturated rings. The van der Waals surface area contributed by atoms with Crippen LogP contribution < -0.4 is 5.32 Å². The minimum absolute atomic E-state index is 0.279. The second kappa shape index (κ2) is 5.65. The smallest absolute Gasteiger partial charge is 0.328 e. The molecule has 0 aliphatic carbocycles. The molecule has 1 unspecified atom stereocenters. The Hall–Kier alpha value is -1.59. The van der Waals surface area contributed by atoms with Crippen LogP contribution in [0.25, 0.3) is 0 Å². The van der Waals surface area contributed by atoms with Gasteiger partial charge in [0, 0.05) is 10.6 Å². The molecule has 0 aromatic heterocycles. The largest absolute Gasteiger partial charge is 0.480 e. The van der Waals surface area contributed by atoms with Crippen molar-refractivity contribution < 1.29 is 19.8 Å². The maximum atomic E-state index is 11.6. The summed E-state index contributed by atoms with van der Waals surface area (Å²) < 4.78 is 0. The van der Waals surface area contributed by atoms with Gasteiger partial charge in [-0.2, -0.15) is 0 Å². The minimum atomic E-state index is -1.34. The first-order chi connectivity index (χ1) is 7.91. The molecule has 92 valence electrons. The van der Waals surface area contributed by atoms with Crippen molar-refractivity contribution in [1.82, 2.24) is 5.32 Å². The SMILES string of the molecule is CC(O)[C@H](NC(=O)c1ccc(Cl)cc1)C(=O)O. The molecule has 0 aliphatic heterocycles. The summed E-state index contributed by atoms with van der Waals surface area (Å²) in [7, 11) is 0. The molecule has 0 saturated heterocycles. The summed E-state index contributed by atoms with van der Waals surface area (Å²) in [6.07, 6.45) is -1.18. The molecular weight excluding hydrogens is 246 g/mol. The van der Waals surface area contributed by atoms with Gasteiger partial charge in [0.15, 0.2) is 6.04 Å². The van der Waals surface area contributed by atoms with Crippen LogP contribution in [0.3, 0.4) is 0 Å². The minimum Gasteiger partial charge on any atom is -0.480 e. The fourth-order valence-corrected chi connectivity index (χ4v) is 1.34. The lowest BCUT2D eigenvalue weighted by Gasteiger charge is -2.16. The van der Waals surface area contributed by atoms with E-state index in [9.17, 15) is 14.7 Å². The van der Waals surface area contributed by atoms with E-state index >= 15 is 0 Å². The summed E-state index contributed by atoms with van der Waals surface area (Å²) in [6, 6.07) is 4.65. The van der Waals surface area contributed by atoms with Gasteiger partial charge in [0.25, 0.3) is 5.91 Å². The van der Waals surface area contributed by atoms with Crippen LogP contribution in [0.1, 0.15) is 17.3 Å². The third-order valence-corrected chi connectivity index (χ3v) is 2.39. The Bertz CT molecular complexity index is 416. The van der Waals surface area contributed by atoms with Crippen molar-refractivity contribution >= 4 is 23.5 Å². The maximum Gasteiger partial charge on any atom is 0.328 e. The molecule has 0 saturated carbocycles. The van der Waals surface area contributed by atoms with E-state index < -0.39 is 24.0 Å². The van der Waals surface area contributed by atoms with Gasteiger partial charge in [0.2, 0.25) is 0 Å². The Morgan fingerprint density at radius 3 is 2.24 bits per heavy atom. The first-order valence-corrected chi connectivity index (χ1v) is 5.27. The zero-order valence-corrected chi connectivity index (χ0v) is 9.81. The van der Waals surface area contributed by atoms with Crippen molar-refractivity contribution in [1.29, 1.82) is 0 Å². The normalized spacial score (nSPS) is 13.8. The number of rotatable bonds is 4. The number of hydrogen-bond acceptors (Lipinski definition) is 3. The number of aliphatic hydroxyl groups is 1. The molecule has 0 radical (unpaired) electrons. The van der Waals surface area contributed by atoms with E-state index in [1.807, 2.05) is 0 Å². The number of carbonyl (C=O) groups is 2. The summed E-state index contributed by atoms with van der Waals surface area (Å²) in [4.78, 5) is 22.4. The highest BCUT2D eigenvalue weighted by atomic mass is 35.5. The predicted molar refractivity (Wildman–Crippen MR) is 62.0 cm³/mol. The molecule has 0 heterocycles. The van der Waals surface area contributed by atoms with Crippen molar-refractivity contribution in [2.75, 3.05) is 0 Å². The molecule has 0 aliphatic rings. The number of amides is 1. The highest BCUT2D eigenvalue weighted by Gasteiger charge is 2.25. The van der Waals surface area contributed by atoms with Crippen molar-refractivity contribution in [3.8, 4) is 0 Å².